The highest BCUT2D eigenvalue weighted by atomic mass is 19.1. The number of halogens is 1. The van der Waals surface area contributed by atoms with Crippen molar-refractivity contribution in [3.05, 3.63) is 47.7 Å². The number of fused-ring (bicyclic) bond motifs is 1. The molecule has 3 aliphatic heterocycles. The van der Waals surface area contributed by atoms with Gasteiger partial charge in [-0.15, -0.1) is 0 Å². The first-order valence-corrected chi connectivity index (χ1v) is 16.7. The van der Waals surface area contributed by atoms with Gasteiger partial charge in [-0.3, -0.25) is 9.36 Å². The van der Waals surface area contributed by atoms with Crippen LogP contribution in [0.15, 0.2) is 30.6 Å². The number of nitrogens with one attached hydrogen (secondary N) is 2. The Morgan fingerprint density at radius 2 is 1.76 bits per heavy atom. The standard InChI is InChI=1S/C29H41FN8.C2H4O.C2H6.CH5N/c1-35-13-10-28-25(20-35)29(33-27-4-3-22(17-26(27)30)23-18-32-36(2)19-23)34-38(28)24-8-15-37(16-9-24)14-7-21-5-11-31-12-6-21;1-2-3;2*1-2/h3-4,17-19,21,24,31H,5-16,20H2,1-2H3,(H,33,34);2H,1H3;1-2H3;2H2,1H3. The van der Waals surface area contributed by atoms with Gasteiger partial charge in [-0.05, 0) is 96.4 Å². The van der Waals surface area contributed by atoms with E-state index in [9.17, 15) is 0 Å². The second-order valence-corrected chi connectivity index (χ2v) is 11.7. The molecule has 5 heterocycles. The minimum Gasteiger partial charge on any atom is -0.336 e. The molecule has 0 unspecified atom stereocenters. The molecule has 3 aromatic rings. The van der Waals surface area contributed by atoms with E-state index in [1.54, 1.807) is 16.9 Å². The Morgan fingerprint density at radius 1 is 1.07 bits per heavy atom. The molecule has 10 nitrogen and oxygen atoms in total. The van der Waals surface area contributed by atoms with E-state index in [2.05, 4.69) is 43.0 Å². The molecular weight excluding hydrogens is 569 g/mol. The number of nitrogens with zero attached hydrogens (tertiary/aromatic N) is 6. The molecule has 0 bridgehead atoms. The number of likely N-dealkylation sites (N-methyl/N-ethyl adjacent to an activating group) is 1. The monoisotopic (exact) mass is 625 g/mol. The Morgan fingerprint density at radius 3 is 2.38 bits per heavy atom. The van der Waals surface area contributed by atoms with E-state index >= 15 is 4.39 Å². The predicted molar refractivity (Wildman–Crippen MR) is 182 cm³/mol. The van der Waals surface area contributed by atoms with Crippen molar-refractivity contribution in [2.45, 2.75) is 71.9 Å². The maximum absolute atomic E-state index is 15.2. The van der Waals surface area contributed by atoms with Crippen LogP contribution in [0.3, 0.4) is 0 Å². The maximum Gasteiger partial charge on any atom is 0.157 e. The number of nitrogens with two attached hydrogens (primary N) is 1. The summed E-state index contributed by atoms with van der Waals surface area (Å²) in [4.78, 5) is 13.8. The van der Waals surface area contributed by atoms with Gasteiger partial charge in [0.05, 0.1) is 17.9 Å². The van der Waals surface area contributed by atoms with E-state index in [0.29, 0.717) is 11.7 Å². The smallest absolute Gasteiger partial charge is 0.157 e. The van der Waals surface area contributed by atoms with Gasteiger partial charge in [-0.1, -0.05) is 19.9 Å². The van der Waals surface area contributed by atoms with Crippen LogP contribution in [0, 0.1) is 11.7 Å². The second-order valence-electron chi connectivity index (χ2n) is 11.7. The van der Waals surface area contributed by atoms with E-state index in [1.807, 2.05) is 39.2 Å². The SMILES string of the molecule is CC.CC=O.CN.CN1CCc2c(c(Nc3ccc(-c4cnn(C)c4)cc3F)nn2C2CCN(CCC3CCNCC3)CC2)C1. The van der Waals surface area contributed by atoms with E-state index in [0.717, 1.165) is 74.6 Å². The molecule has 1 aromatic carbocycles. The van der Waals surface area contributed by atoms with Gasteiger partial charge >= 0.3 is 0 Å². The molecule has 11 heteroatoms. The Hall–Kier alpha value is -3.12. The normalized spacial score (nSPS) is 17.5. The number of benzene rings is 1. The number of carbonyl (C=O) groups excluding carboxylic acids is 1. The van der Waals surface area contributed by atoms with Crippen molar-refractivity contribution in [2.24, 2.45) is 18.7 Å². The van der Waals surface area contributed by atoms with Crippen LogP contribution in [-0.4, -0.2) is 89.0 Å². The quantitative estimate of drug-likeness (QED) is 0.316. The van der Waals surface area contributed by atoms with Gasteiger partial charge in [0, 0.05) is 62.7 Å². The number of anilines is 2. The minimum absolute atomic E-state index is 0.277. The molecule has 0 amide bonds. The molecule has 4 N–H and O–H groups in total. The molecular formula is C34H56FN9O. The molecule has 0 aliphatic carbocycles. The van der Waals surface area contributed by atoms with Gasteiger partial charge in [-0.2, -0.15) is 10.2 Å². The van der Waals surface area contributed by atoms with Gasteiger partial charge in [0.25, 0.3) is 0 Å². The lowest BCUT2D eigenvalue weighted by molar-refractivity contribution is -0.106. The van der Waals surface area contributed by atoms with Crippen LogP contribution in [0.25, 0.3) is 11.1 Å². The Kier molecular flexibility index (Phi) is 15.1. The molecule has 6 rings (SSSR count). The lowest BCUT2D eigenvalue weighted by Crippen LogP contribution is -2.38. The van der Waals surface area contributed by atoms with Crippen LogP contribution < -0.4 is 16.4 Å². The summed E-state index contributed by atoms with van der Waals surface area (Å²) in [5.74, 6) is 1.41. The molecule has 2 fully saturated rings. The van der Waals surface area contributed by atoms with E-state index in [1.165, 1.54) is 64.1 Å². The largest absolute Gasteiger partial charge is 0.336 e. The van der Waals surface area contributed by atoms with Crippen molar-refractivity contribution in [3.63, 3.8) is 0 Å². The lowest BCUT2D eigenvalue weighted by Gasteiger charge is -2.34. The fourth-order valence-electron chi connectivity index (χ4n) is 6.40. The highest BCUT2D eigenvalue weighted by Crippen LogP contribution is 2.34. The Labute approximate surface area is 269 Å². The predicted octanol–water partition coefficient (Wildman–Crippen LogP) is 4.99. The third-order valence-electron chi connectivity index (χ3n) is 8.75. The van der Waals surface area contributed by atoms with E-state index in [-0.39, 0.29) is 5.82 Å². The van der Waals surface area contributed by atoms with Crippen molar-refractivity contribution < 1.29 is 9.18 Å². The highest BCUT2D eigenvalue weighted by Gasteiger charge is 2.29. The molecule has 2 aromatic heterocycles. The summed E-state index contributed by atoms with van der Waals surface area (Å²) in [6.45, 7) is 13.2. The van der Waals surface area contributed by atoms with Crippen LogP contribution in [0.5, 0.6) is 0 Å². The number of likely N-dealkylation sites (tertiary alicyclic amines) is 1. The number of aromatic nitrogens is 4. The van der Waals surface area contributed by atoms with E-state index < -0.39 is 0 Å². The molecule has 250 valence electrons. The molecule has 0 spiro atoms. The molecule has 0 saturated carbocycles. The van der Waals surface area contributed by atoms with E-state index in [4.69, 9.17) is 9.89 Å². The summed E-state index contributed by atoms with van der Waals surface area (Å²) in [7, 11) is 5.51. The van der Waals surface area contributed by atoms with Crippen LogP contribution in [0.2, 0.25) is 0 Å². The zero-order valence-corrected chi connectivity index (χ0v) is 28.4. The van der Waals surface area contributed by atoms with Crippen molar-refractivity contribution >= 4 is 17.8 Å². The number of aryl methyl sites for hydroxylation is 1. The first-order chi connectivity index (χ1) is 21.9. The van der Waals surface area contributed by atoms with Crippen LogP contribution in [0.4, 0.5) is 15.9 Å². The Balaban J connectivity index is 0.000000733. The average Bonchev–Trinajstić information content (AvgIpc) is 3.67. The lowest BCUT2D eigenvalue weighted by atomic mass is 9.94. The van der Waals surface area contributed by atoms with Gasteiger partial charge in [0.1, 0.15) is 12.1 Å². The van der Waals surface area contributed by atoms with Gasteiger partial charge in [0.2, 0.25) is 0 Å². The number of rotatable bonds is 7. The van der Waals surface area contributed by atoms with Crippen LogP contribution in [0.1, 0.15) is 70.2 Å². The molecule has 0 radical (unpaired) electrons. The third kappa shape index (κ3) is 9.93. The number of piperidine rings is 2. The number of carbonyl (C=O) groups is 1. The average molecular weight is 626 g/mol. The fraction of sp³-hybridized carbons (Fsp3) is 0.618. The first kappa shape index (κ1) is 36.3. The molecule has 2 saturated heterocycles. The van der Waals surface area contributed by atoms with Gasteiger partial charge < -0.3 is 31.0 Å². The number of hydrogen-bond donors (Lipinski definition) is 3. The third-order valence-corrected chi connectivity index (χ3v) is 8.75. The summed E-state index contributed by atoms with van der Waals surface area (Å²) in [5, 5.41) is 16.1. The fourth-order valence-corrected chi connectivity index (χ4v) is 6.40. The zero-order valence-electron chi connectivity index (χ0n) is 28.4. The topological polar surface area (TPSA) is 109 Å². The maximum atomic E-state index is 15.2. The molecule has 0 atom stereocenters. The minimum atomic E-state index is -0.277. The molecule has 3 aliphatic rings. The summed E-state index contributed by atoms with van der Waals surface area (Å²) in [5.41, 5.74) is 9.23. The van der Waals surface area contributed by atoms with Crippen molar-refractivity contribution in [2.75, 3.05) is 58.7 Å². The summed E-state index contributed by atoms with van der Waals surface area (Å²) < 4.78 is 19.2. The first-order valence-electron chi connectivity index (χ1n) is 16.7. The summed E-state index contributed by atoms with van der Waals surface area (Å²) in [6, 6.07) is 5.75. The number of hydrogen-bond acceptors (Lipinski definition) is 8. The van der Waals surface area contributed by atoms with Crippen molar-refractivity contribution in [1.29, 1.82) is 0 Å². The highest BCUT2D eigenvalue weighted by molar-refractivity contribution is 5.68. The second kappa shape index (κ2) is 18.8. The molecule has 45 heavy (non-hydrogen) atoms. The van der Waals surface area contributed by atoms with Crippen molar-refractivity contribution in [1.82, 2.24) is 34.7 Å². The van der Waals surface area contributed by atoms with Crippen molar-refractivity contribution in [3.8, 4) is 11.1 Å². The Bertz CT molecular complexity index is 1290. The van der Waals surface area contributed by atoms with Crippen LogP contribution in [-0.2, 0) is 24.8 Å². The van der Waals surface area contributed by atoms with Gasteiger partial charge in [0.15, 0.2) is 5.82 Å². The summed E-state index contributed by atoms with van der Waals surface area (Å²) in [6.07, 6.45) is 11.6. The van der Waals surface area contributed by atoms with Crippen LogP contribution >= 0.6 is 0 Å². The zero-order chi connectivity index (χ0) is 32.8. The summed E-state index contributed by atoms with van der Waals surface area (Å²) >= 11 is 0. The number of aldehydes is 1. The van der Waals surface area contributed by atoms with Gasteiger partial charge in [-0.25, -0.2) is 4.39 Å².